The molecule has 0 saturated carbocycles. The van der Waals surface area contributed by atoms with E-state index in [1.54, 1.807) is 29.9 Å². The van der Waals surface area contributed by atoms with Crippen LogP contribution in [0.3, 0.4) is 0 Å². The quantitative estimate of drug-likeness (QED) is 0.223. The molecule has 0 spiro atoms. The van der Waals surface area contributed by atoms with Gasteiger partial charge in [-0.3, -0.25) is 9.59 Å². The summed E-state index contributed by atoms with van der Waals surface area (Å²) in [6, 6.07) is 28.4. The van der Waals surface area contributed by atoms with Crippen LogP contribution in [0.1, 0.15) is 18.1 Å². The average Bonchev–Trinajstić information content (AvgIpc) is 3.38. The van der Waals surface area contributed by atoms with Crippen LogP contribution in [-0.4, -0.2) is 33.9 Å². The predicted molar refractivity (Wildman–Crippen MR) is 150 cm³/mol. The zero-order valence-electron chi connectivity index (χ0n) is 21.2. The number of hydrogen-bond acceptors (Lipinski definition) is 4. The molecule has 39 heavy (non-hydrogen) atoms. The molecule has 0 fully saturated rings. The Morgan fingerprint density at radius 1 is 0.949 bits per heavy atom. The van der Waals surface area contributed by atoms with Crippen LogP contribution in [0.5, 0.6) is 0 Å². The van der Waals surface area contributed by atoms with E-state index in [9.17, 15) is 14.0 Å². The first-order valence-corrected chi connectivity index (χ1v) is 12.5. The van der Waals surface area contributed by atoms with E-state index in [0.717, 1.165) is 22.0 Å². The van der Waals surface area contributed by atoms with Crippen molar-refractivity contribution < 1.29 is 14.0 Å². The molecule has 5 aromatic rings. The van der Waals surface area contributed by atoms with Crippen molar-refractivity contribution in [1.29, 1.82) is 0 Å². The minimum atomic E-state index is -0.798. The molecule has 1 aromatic heterocycles. The number of nitrogens with one attached hydrogen (secondary N) is 2. The second kappa shape index (κ2) is 11.5. The number of fused-ring (bicyclic) bond motifs is 1. The zero-order chi connectivity index (χ0) is 27.2. The van der Waals surface area contributed by atoms with Crippen molar-refractivity contribution in [1.82, 2.24) is 20.5 Å². The van der Waals surface area contributed by atoms with Gasteiger partial charge in [-0.1, -0.05) is 60.7 Å². The van der Waals surface area contributed by atoms with Crippen LogP contribution in [0.15, 0.2) is 108 Å². The van der Waals surface area contributed by atoms with E-state index in [1.165, 1.54) is 18.3 Å². The van der Waals surface area contributed by atoms with E-state index in [2.05, 4.69) is 20.9 Å². The number of hydrazone groups is 1. The number of amides is 2. The average molecular weight is 520 g/mol. The van der Waals surface area contributed by atoms with E-state index in [-0.39, 0.29) is 18.1 Å². The Labute approximate surface area is 225 Å². The number of hydrogen-bond donors (Lipinski definition) is 2. The van der Waals surface area contributed by atoms with E-state index < -0.39 is 11.9 Å². The fourth-order valence-electron chi connectivity index (χ4n) is 4.27. The molecule has 0 saturated heterocycles. The first-order valence-electron chi connectivity index (χ1n) is 12.5. The first kappa shape index (κ1) is 25.5. The zero-order valence-corrected chi connectivity index (χ0v) is 21.2. The SMILES string of the molecule is CC(NC(=O)Cc1cccc2ccccc12)C(=O)N/N=C/c1cn(-c2ccccc2)nc1-c1ccc(F)cc1. The van der Waals surface area contributed by atoms with Crippen molar-refractivity contribution >= 4 is 28.8 Å². The molecule has 4 aromatic carbocycles. The van der Waals surface area contributed by atoms with Gasteiger partial charge >= 0.3 is 0 Å². The van der Waals surface area contributed by atoms with Gasteiger partial charge in [-0.2, -0.15) is 10.2 Å². The fourth-order valence-corrected chi connectivity index (χ4v) is 4.27. The van der Waals surface area contributed by atoms with Gasteiger partial charge in [0.1, 0.15) is 17.6 Å². The molecule has 7 nitrogen and oxygen atoms in total. The minimum Gasteiger partial charge on any atom is -0.344 e. The molecule has 0 aliphatic carbocycles. The largest absolute Gasteiger partial charge is 0.344 e. The van der Waals surface area contributed by atoms with Crippen molar-refractivity contribution in [2.75, 3.05) is 0 Å². The number of aromatic nitrogens is 2. The van der Waals surface area contributed by atoms with Crippen molar-refractivity contribution in [2.24, 2.45) is 5.10 Å². The summed E-state index contributed by atoms with van der Waals surface area (Å²) in [5.41, 5.74) is 6.12. The lowest BCUT2D eigenvalue weighted by molar-refractivity contribution is -0.128. The Morgan fingerprint density at radius 3 is 2.46 bits per heavy atom. The van der Waals surface area contributed by atoms with Crippen LogP contribution in [0.4, 0.5) is 4.39 Å². The highest BCUT2D eigenvalue weighted by molar-refractivity contribution is 5.93. The molecular formula is C31H26FN5O2. The maximum atomic E-state index is 13.5. The molecular weight excluding hydrogens is 493 g/mol. The van der Waals surface area contributed by atoms with Gasteiger partial charge in [0.05, 0.1) is 18.3 Å². The third-order valence-corrected chi connectivity index (χ3v) is 6.26. The van der Waals surface area contributed by atoms with E-state index >= 15 is 0 Å². The summed E-state index contributed by atoms with van der Waals surface area (Å²) in [6.07, 6.45) is 3.41. The molecule has 194 valence electrons. The molecule has 0 aliphatic heterocycles. The molecule has 2 N–H and O–H groups in total. The van der Waals surface area contributed by atoms with Crippen molar-refractivity contribution in [3.05, 3.63) is 120 Å². The summed E-state index contributed by atoms with van der Waals surface area (Å²) in [5, 5.41) is 13.5. The molecule has 5 rings (SSSR count). The number of rotatable bonds is 8. The Bertz CT molecular complexity index is 1640. The lowest BCUT2D eigenvalue weighted by Crippen LogP contribution is -2.43. The highest BCUT2D eigenvalue weighted by Crippen LogP contribution is 2.23. The van der Waals surface area contributed by atoms with Gasteiger partial charge in [0, 0.05) is 17.3 Å². The second-order valence-corrected chi connectivity index (χ2v) is 9.06. The lowest BCUT2D eigenvalue weighted by atomic mass is 10.0. The summed E-state index contributed by atoms with van der Waals surface area (Å²) in [4.78, 5) is 25.3. The van der Waals surface area contributed by atoms with Gasteiger partial charge in [0.25, 0.3) is 5.91 Å². The highest BCUT2D eigenvalue weighted by Gasteiger charge is 2.17. The van der Waals surface area contributed by atoms with Gasteiger partial charge in [-0.15, -0.1) is 0 Å². The number of para-hydroxylation sites is 1. The molecule has 0 aliphatic rings. The van der Waals surface area contributed by atoms with E-state index in [0.29, 0.717) is 16.8 Å². The summed E-state index contributed by atoms with van der Waals surface area (Å²) in [5.74, 6) is -1.07. The summed E-state index contributed by atoms with van der Waals surface area (Å²) in [6.45, 7) is 1.60. The fraction of sp³-hybridized carbons (Fsp3) is 0.0968. The molecule has 1 atom stereocenters. The smallest absolute Gasteiger partial charge is 0.262 e. The topological polar surface area (TPSA) is 88.4 Å². The van der Waals surface area contributed by atoms with E-state index in [1.807, 2.05) is 72.8 Å². The Hall–Kier alpha value is -5.11. The predicted octanol–water partition coefficient (Wildman–Crippen LogP) is 5.03. The number of halogens is 1. The van der Waals surface area contributed by atoms with Crippen LogP contribution in [0.25, 0.3) is 27.7 Å². The second-order valence-electron chi connectivity index (χ2n) is 9.06. The number of nitrogens with zero attached hydrogens (tertiary/aromatic N) is 3. The summed E-state index contributed by atoms with van der Waals surface area (Å²) in [7, 11) is 0. The molecule has 0 radical (unpaired) electrons. The van der Waals surface area contributed by atoms with Crippen LogP contribution in [-0.2, 0) is 16.0 Å². The van der Waals surface area contributed by atoms with Gasteiger partial charge in [0.2, 0.25) is 5.91 Å². The molecule has 1 unspecified atom stereocenters. The van der Waals surface area contributed by atoms with Crippen LogP contribution in [0.2, 0.25) is 0 Å². The van der Waals surface area contributed by atoms with Crippen LogP contribution >= 0.6 is 0 Å². The Kier molecular flexibility index (Phi) is 7.54. The van der Waals surface area contributed by atoms with Crippen LogP contribution < -0.4 is 10.7 Å². The van der Waals surface area contributed by atoms with Gasteiger partial charge in [0.15, 0.2) is 0 Å². The number of carbonyl (C=O) groups is 2. The standard InChI is InChI=1S/C31H26FN5O2/c1-21(34-29(38)18-24-10-7-9-22-8-5-6-13-28(22)24)31(39)35-33-19-25-20-37(27-11-3-2-4-12-27)36-30(25)23-14-16-26(32)17-15-23/h2-17,19-21H,18H2,1H3,(H,34,38)(H,35,39)/b33-19+. The monoisotopic (exact) mass is 519 g/mol. The maximum absolute atomic E-state index is 13.5. The molecule has 2 amide bonds. The first-order chi connectivity index (χ1) is 19.0. The summed E-state index contributed by atoms with van der Waals surface area (Å²) < 4.78 is 15.2. The van der Waals surface area contributed by atoms with Crippen LogP contribution in [0, 0.1) is 5.82 Å². The van der Waals surface area contributed by atoms with Crippen molar-refractivity contribution in [3.8, 4) is 16.9 Å². The van der Waals surface area contributed by atoms with Gasteiger partial charge < -0.3 is 5.32 Å². The normalized spacial score (nSPS) is 11.9. The lowest BCUT2D eigenvalue weighted by Gasteiger charge is -2.13. The third-order valence-electron chi connectivity index (χ3n) is 6.26. The maximum Gasteiger partial charge on any atom is 0.262 e. The van der Waals surface area contributed by atoms with Gasteiger partial charge in [-0.25, -0.2) is 14.5 Å². The molecule has 0 bridgehead atoms. The number of carbonyl (C=O) groups excluding carboxylic acids is 2. The molecule has 8 heteroatoms. The van der Waals surface area contributed by atoms with Crippen molar-refractivity contribution in [2.45, 2.75) is 19.4 Å². The molecule has 1 heterocycles. The Balaban J connectivity index is 1.26. The minimum absolute atomic E-state index is 0.155. The third kappa shape index (κ3) is 6.07. The van der Waals surface area contributed by atoms with Gasteiger partial charge in [-0.05, 0) is 59.7 Å². The van der Waals surface area contributed by atoms with Crippen molar-refractivity contribution in [3.63, 3.8) is 0 Å². The number of benzene rings is 4. The summed E-state index contributed by atoms with van der Waals surface area (Å²) >= 11 is 0. The van der Waals surface area contributed by atoms with E-state index in [4.69, 9.17) is 0 Å². The highest BCUT2D eigenvalue weighted by atomic mass is 19.1. The Morgan fingerprint density at radius 2 is 1.67 bits per heavy atom.